The zero-order valence-corrected chi connectivity index (χ0v) is 10.7. The highest BCUT2D eigenvalue weighted by atomic mass is 16.7. The van der Waals surface area contributed by atoms with Crippen LogP contribution in [0.5, 0.6) is 5.75 Å². The van der Waals surface area contributed by atoms with E-state index in [-0.39, 0.29) is 18.6 Å². The summed E-state index contributed by atoms with van der Waals surface area (Å²) < 4.78 is 16.1. The molecule has 0 saturated carbocycles. The summed E-state index contributed by atoms with van der Waals surface area (Å²) in [6.45, 7) is 2.08. The van der Waals surface area contributed by atoms with Crippen molar-refractivity contribution >= 4 is 11.6 Å². The monoisotopic (exact) mass is 267 g/mol. The number of aliphatic hydroxyl groups is 1. The number of amides is 1. The van der Waals surface area contributed by atoms with Gasteiger partial charge in [0.2, 0.25) is 5.91 Å². The van der Waals surface area contributed by atoms with Crippen LogP contribution in [0.15, 0.2) is 24.3 Å². The van der Waals surface area contributed by atoms with Gasteiger partial charge in [-0.15, -0.1) is 0 Å². The van der Waals surface area contributed by atoms with Crippen LogP contribution < -0.4 is 10.1 Å². The lowest BCUT2D eigenvalue weighted by Gasteiger charge is -2.11. The summed E-state index contributed by atoms with van der Waals surface area (Å²) in [4.78, 5) is 10.9. The molecule has 104 valence electrons. The second-order valence-electron chi connectivity index (χ2n) is 4.22. The Morgan fingerprint density at radius 1 is 1.47 bits per heavy atom. The summed E-state index contributed by atoms with van der Waals surface area (Å²) in [5.41, 5.74) is 0.723. The van der Waals surface area contributed by atoms with Gasteiger partial charge >= 0.3 is 0 Å². The van der Waals surface area contributed by atoms with Crippen LogP contribution in [0.25, 0.3) is 0 Å². The van der Waals surface area contributed by atoms with Gasteiger partial charge in [-0.05, 0) is 24.3 Å². The molecule has 1 saturated heterocycles. The minimum atomic E-state index is -0.546. The molecule has 1 aromatic rings. The molecule has 0 bridgehead atoms. The maximum atomic E-state index is 10.9. The minimum absolute atomic E-state index is 0.111. The summed E-state index contributed by atoms with van der Waals surface area (Å²) >= 11 is 0. The molecule has 1 heterocycles. The lowest BCUT2D eigenvalue weighted by Crippen LogP contribution is -2.22. The summed E-state index contributed by atoms with van der Waals surface area (Å²) in [6, 6.07) is 7.06. The fourth-order valence-electron chi connectivity index (χ4n) is 1.72. The summed E-state index contributed by atoms with van der Waals surface area (Å²) in [6.07, 6.45) is -0.720. The van der Waals surface area contributed by atoms with Gasteiger partial charge in [-0.3, -0.25) is 4.79 Å². The van der Waals surface area contributed by atoms with Crippen molar-refractivity contribution in [2.24, 2.45) is 0 Å². The van der Waals surface area contributed by atoms with E-state index in [1.165, 1.54) is 6.92 Å². The van der Waals surface area contributed by atoms with Crippen molar-refractivity contribution < 1.29 is 24.1 Å². The second kappa shape index (κ2) is 6.51. The Labute approximate surface area is 111 Å². The van der Waals surface area contributed by atoms with Crippen molar-refractivity contribution in [3.05, 3.63) is 24.3 Å². The van der Waals surface area contributed by atoms with Gasteiger partial charge in [-0.1, -0.05) is 0 Å². The third-order valence-electron chi connectivity index (χ3n) is 2.57. The van der Waals surface area contributed by atoms with Crippen molar-refractivity contribution in [1.82, 2.24) is 0 Å². The van der Waals surface area contributed by atoms with E-state index in [0.29, 0.717) is 19.0 Å². The molecule has 1 amide bonds. The van der Waals surface area contributed by atoms with Gasteiger partial charge in [0, 0.05) is 12.6 Å². The Balaban J connectivity index is 1.78. The van der Waals surface area contributed by atoms with E-state index in [9.17, 15) is 4.79 Å². The summed E-state index contributed by atoms with van der Waals surface area (Å²) in [7, 11) is 0. The van der Waals surface area contributed by atoms with Crippen LogP contribution in [0.2, 0.25) is 0 Å². The maximum Gasteiger partial charge on any atom is 0.221 e. The molecule has 2 rings (SSSR count). The Morgan fingerprint density at radius 2 is 2.21 bits per heavy atom. The van der Waals surface area contributed by atoms with Crippen LogP contribution in [-0.4, -0.2) is 43.2 Å². The fraction of sp³-hybridized carbons (Fsp3) is 0.462. The van der Waals surface area contributed by atoms with E-state index in [1.54, 1.807) is 24.3 Å². The lowest BCUT2D eigenvalue weighted by atomic mass is 10.3. The van der Waals surface area contributed by atoms with Crippen LogP contribution in [0.3, 0.4) is 0 Å². The Kier molecular flexibility index (Phi) is 4.73. The van der Waals surface area contributed by atoms with E-state index >= 15 is 0 Å². The molecule has 0 radical (unpaired) electrons. The SMILES string of the molecule is CC(=O)Nc1ccc(OCC2COC(CO)O2)cc1. The van der Waals surface area contributed by atoms with Crippen LogP contribution in [0, 0.1) is 0 Å². The molecule has 1 fully saturated rings. The minimum Gasteiger partial charge on any atom is -0.491 e. The molecule has 2 unspecified atom stereocenters. The van der Waals surface area contributed by atoms with E-state index in [2.05, 4.69) is 5.32 Å². The number of carbonyl (C=O) groups excluding carboxylic acids is 1. The molecule has 6 heteroatoms. The van der Waals surface area contributed by atoms with Gasteiger partial charge in [0.05, 0.1) is 13.2 Å². The number of hydrogen-bond acceptors (Lipinski definition) is 5. The van der Waals surface area contributed by atoms with Crippen molar-refractivity contribution in [3.63, 3.8) is 0 Å². The zero-order chi connectivity index (χ0) is 13.7. The van der Waals surface area contributed by atoms with Crippen molar-refractivity contribution in [1.29, 1.82) is 0 Å². The van der Waals surface area contributed by atoms with Gasteiger partial charge in [0.15, 0.2) is 6.29 Å². The van der Waals surface area contributed by atoms with Crippen molar-refractivity contribution in [3.8, 4) is 5.75 Å². The highest BCUT2D eigenvalue weighted by molar-refractivity contribution is 5.88. The molecular weight excluding hydrogens is 250 g/mol. The number of ether oxygens (including phenoxy) is 3. The molecule has 19 heavy (non-hydrogen) atoms. The molecule has 0 aliphatic carbocycles. The highest BCUT2D eigenvalue weighted by Gasteiger charge is 2.25. The number of anilines is 1. The number of benzene rings is 1. The second-order valence-corrected chi connectivity index (χ2v) is 4.22. The molecule has 1 aromatic carbocycles. The number of hydrogen-bond donors (Lipinski definition) is 2. The molecule has 1 aliphatic rings. The van der Waals surface area contributed by atoms with Crippen molar-refractivity contribution in [2.45, 2.75) is 19.3 Å². The van der Waals surface area contributed by atoms with Gasteiger partial charge < -0.3 is 24.6 Å². The first-order chi connectivity index (χ1) is 9.17. The number of nitrogens with one attached hydrogen (secondary N) is 1. The van der Waals surface area contributed by atoms with Crippen LogP contribution in [0.4, 0.5) is 5.69 Å². The average molecular weight is 267 g/mol. The molecule has 2 N–H and O–H groups in total. The third kappa shape index (κ3) is 4.20. The van der Waals surface area contributed by atoms with E-state index in [0.717, 1.165) is 5.69 Å². The van der Waals surface area contributed by atoms with E-state index in [1.807, 2.05) is 0 Å². The van der Waals surface area contributed by atoms with Gasteiger partial charge in [0.1, 0.15) is 18.5 Å². The quantitative estimate of drug-likeness (QED) is 0.823. The molecule has 6 nitrogen and oxygen atoms in total. The number of rotatable bonds is 5. The standard InChI is InChI=1S/C13H17NO5/c1-9(16)14-10-2-4-11(5-3-10)17-7-12-8-18-13(6-15)19-12/h2-5,12-13,15H,6-8H2,1H3,(H,14,16). The van der Waals surface area contributed by atoms with Gasteiger partial charge in [-0.2, -0.15) is 0 Å². The summed E-state index contributed by atoms with van der Waals surface area (Å²) in [5, 5.41) is 11.5. The van der Waals surface area contributed by atoms with Crippen LogP contribution in [-0.2, 0) is 14.3 Å². The molecular formula is C13H17NO5. The summed E-state index contributed by atoms with van der Waals surface area (Å²) in [5.74, 6) is 0.574. The lowest BCUT2D eigenvalue weighted by molar-refractivity contribution is -0.114. The first kappa shape index (κ1) is 13.8. The van der Waals surface area contributed by atoms with E-state index in [4.69, 9.17) is 19.3 Å². The predicted octanol–water partition coefficient (Wildman–Crippen LogP) is 0.758. The maximum absolute atomic E-state index is 10.9. The topological polar surface area (TPSA) is 77.0 Å². The predicted molar refractivity (Wildman–Crippen MR) is 67.9 cm³/mol. The third-order valence-corrected chi connectivity index (χ3v) is 2.57. The van der Waals surface area contributed by atoms with Crippen LogP contribution in [0.1, 0.15) is 6.92 Å². The number of carbonyl (C=O) groups is 1. The Morgan fingerprint density at radius 3 is 2.79 bits per heavy atom. The molecule has 0 aromatic heterocycles. The normalized spacial score (nSPS) is 22.2. The Hall–Kier alpha value is -1.63. The Bertz CT molecular complexity index is 420. The smallest absolute Gasteiger partial charge is 0.221 e. The van der Waals surface area contributed by atoms with Crippen LogP contribution >= 0.6 is 0 Å². The first-order valence-corrected chi connectivity index (χ1v) is 6.06. The fourth-order valence-corrected chi connectivity index (χ4v) is 1.72. The molecule has 1 aliphatic heterocycles. The highest BCUT2D eigenvalue weighted by Crippen LogP contribution is 2.17. The van der Waals surface area contributed by atoms with Gasteiger partial charge in [-0.25, -0.2) is 0 Å². The largest absolute Gasteiger partial charge is 0.491 e. The van der Waals surface area contributed by atoms with E-state index < -0.39 is 6.29 Å². The average Bonchev–Trinajstić information content (AvgIpc) is 2.85. The molecule has 0 spiro atoms. The number of aliphatic hydroxyl groups excluding tert-OH is 1. The van der Waals surface area contributed by atoms with Crippen molar-refractivity contribution in [2.75, 3.05) is 25.1 Å². The zero-order valence-electron chi connectivity index (χ0n) is 10.7. The first-order valence-electron chi connectivity index (χ1n) is 6.06. The van der Waals surface area contributed by atoms with Gasteiger partial charge in [0.25, 0.3) is 0 Å². The molecule has 2 atom stereocenters.